The van der Waals surface area contributed by atoms with E-state index in [2.05, 4.69) is 25.6 Å². The third kappa shape index (κ3) is 4.24. The van der Waals surface area contributed by atoms with Gasteiger partial charge in [0, 0.05) is 28.2 Å². The van der Waals surface area contributed by atoms with E-state index < -0.39 is 5.91 Å². The number of nitriles is 1. The molecular weight excluding hydrogens is 461 g/mol. The van der Waals surface area contributed by atoms with Crippen molar-refractivity contribution in [3.63, 3.8) is 0 Å². The van der Waals surface area contributed by atoms with Gasteiger partial charge in [-0.3, -0.25) is 19.6 Å². The molecule has 2 aromatic carbocycles. The van der Waals surface area contributed by atoms with Crippen molar-refractivity contribution >= 4 is 50.9 Å². The average Bonchev–Trinajstić information content (AvgIpc) is 3.40. The Morgan fingerprint density at radius 2 is 1.97 bits per heavy atom. The highest BCUT2D eigenvalue weighted by Crippen LogP contribution is 2.21. The number of aromatic amines is 1. The summed E-state index contributed by atoms with van der Waals surface area (Å²) in [6.07, 6.45) is 3.16. The van der Waals surface area contributed by atoms with Gasteiger partial charge in [-0.25, -0.2) is 0 Å². The van der Waals surface area contributed by atoms with Crippen molar-refractivity contribution in [3.05, 3.63) is 87.4 Å². The first kappa shape index (κ1) is 20.9. The number of carbonyl (C=O) groups is 1. The monoisotopic (exact) mass is 475 g/mol. The molecule has 5 rings (SSSR count). The number of carbonyl (C=O) groups excluding carboxylic acids is 1. The first-order chi connectivity index (χ1) is 16.0. The van der Waals surface area contributed by atoms with E-state index in [0.717, 1.165) is 33.1 Å². The van der Waals surface area contributed by atoms with Gasteiger partial charge in [0.1, 0.15) is 6.07 Å². The van der Waals surface area contributed by atoms with E-state index in [1.165, 1.54) is 0 Å². The van der Waals surface area contributed by atoms with Crippen molar-refractivity contribution in [2.45, 2.75) is 13.1 Å². The summed E-state index contributed by atoms with van der Waals surface area (Å²) < 4.78 is 1.57. The molecule has 10 heteroatoms. The number of nitrogens with one attached hydrogen (secondary N) is 2. The van der Waals surface area contributed by atoms with Gasteiger partial charge in [-0.15, -0.1) is 0 Å². The van der Waals surface area contributed by atoms with Crippen LogP contribution in [-0.4, -0.2) is 30.9 Å². The highest BCUT2D eigenvalue weighted by molar-refractivity contribution is 6.31. The summed E-state index contributed by atoms with van der Waals surface area (Å²) in [5.74, 6) is -0.405. The zero-order valence-electron chi connectivity index (χ0n) is 17.0. The number of benzene rings is 2. The molecule has 5 aromatic rings. The van der Waals surface area contributed by atoms with Gasteiger partial charge in [0.2, 0.25) is 0 Å². The first-order valence-electron chi connectivity index (χ1n) is 9.92. The van der Waals surface area contributed by atoms with Crippen molar-refractivity contribution in [1.82, 2.24) is 30.3 Å². The van der Waals surface area contributed by atoms with Crippen LogP contribution >= 0.6 is 23.2 Å². The van der Waals surface area contributed by atoms with Crippen molar-refractivity contribution in [2.24, 2.45) is 0 Å². The summed E-state index contributed by atoms with van der Waals surface area (Å²) >= 11 is 12.1. The lowest BCUT2D eigenvalue weighted by Gasteiger charge is -2.04. The van der Waals surface area contributed by atoms with Crippen LogP contribution in [0.25, 0.3) is 21.8 Å². The van der Waals surface area contributed by atoms with Gasteiger partial charge in [-0.05, 0) is 42.0 Å². The molecule has 3 aromatic heterocycles. The lowest BCUT2D eigenvalue weighted by molar-refractivity contribution is 0.0950. The standard InChI is InChI=1S/C23H15Cl2N7O/c24-15-2-4-20-17(7-15)22(30-29-20)10-28-23(33)18-12-32(31-21(18)8-26)11-13-1-3-19-14(5-13)6-16(25)9-27-19/h1-7,9,12H,10-11H2,(H,28,33)(H,29,30). The third-order valence-electron chi connectivity index (χ3n) is 5.19. The number of nitrogens with zero attached hydrogens (tertiary/aromatic N) is 5. The molecule has 8 nitrogen and oxygen atoms in total. The summed E-state index contributed by atoms with van der Waals surface area (Å²) in [5.41, 5.74) is 3.48. The Labute approximate surface area is 197 Å². The summed E-state index contributed by atoms with van der Waals surface area (Å²) in [6, 6.07) is 14.9. The minimum Gasteiger partial charge on any atom is -0.346 e. The smallest absolute Gasteiger partial charge is 0.256 e. The fraction of sp³-hybridized carbons (Fsp3) is 0.0870. The van der Waals surface area contributed by atoms with Gasteiger partial charge in [0.05, 0.1) is 40.4 Å². The van der Waals surface area contributed by atoms with Crippen LogP contribution < -0.4 is 5.32 Å². The Morgan fingerprint density at radius 1 is 1.12 bits per heavy atom. The lowest BCUT2D eigenvalue weighted by atomic mass is 10.1. The van der Waals surface area contributed by atoms with Crippen LogP contribution in [0.15, 0.2) is 54.9 Å². The number of pyridine rings is 1. The van der Waals surface area contributed by atoms with Gasteiger partial charge in [-0.1, -0.05) is 29.3 Å². The number of fused-ring (bicyclic) bond motifs is 2. The number of hydrogen-bond donors (Lipinski definition) is 2. The Bertz CT molecular complexity index is 1560. The van der Waals surface area contributed by atoms with Crippen LogP contribution in [0.4, 0.5) is 0 Å². The molecule has 0 saturated carbocycles. The van der Waals surface area contributed by atoms with Crippen LogP contribution in [0.2, 0.25) is 10.0 Å². The zero-order chi connectivity index (χ0) is 22.9. The van der Waals surface area contributed by atoms with Gasteiger partial charge in [-0.2, -0.15) is 15.5 Å². The number of aromatic nitrogens is 5. The molecule has 2 N–H and O–H groups in total. The van der Waals surface area contributed by atoms with Crippen molar-refractivity contribution in [2.75, 3.05) is 0 Å². The van der Waals surface area contributed by atoms with Crippen molar-refractivity contribution in [1.29, 1.82) is 5.26 Å². The number of H-pyrrole nitrogens is 1. The first-order valence-corrected chi connectivity index (χ1v) is 10.7. The largest absolute Gasteiger partial charge is 0.346 e. The van der Waals surface area contributed by atoms with Gasteiger partial charge >= 0.3 is 0 Å². The molecule has 3 heterocycles. The lowest BCUT2D eigenvalue weighted by Crippen LogP contribution is -2.23. The minimum atomic E-state index is -0.405. The minimum absolute atomic E-state index is 0.0514. The highest BCUT2D eigenvalue weighted by Gasteiger charge is 2.17. The quantitative estimate of drug-likeness (QED) is 0.389. The molecule has 0 aliphatic heterocycles. The second-order valence-electron chi connectivity index (χ2n) is 7.43. The van der Waals surface area contributed by atoms with Crippen LogP contribution in [0.5, 0.6) is 0 Å². The normalized spacial score (nSPS) is 11.1. The average molecular weight is 476 g/mol. The van der Waals surface area contributed by atoms with Gasteiger partial charge < -0.3 is 5.32 Å². The van der Waals surface area contributed by atoms with E-state index in [9.17, 15) is 10.1 Å². The Morgan fingerprint density at radius 3 is 2.82 bits per heavy atom. The van der Waals surface area contributed by atoms with Crippen LogP contribution in [0.1, 0.15) is 27.3 Å². The van der Waals surface area contributed by atoms with Crippen molar-refractivity contribution < 1.29 is 4.79 Å². The van der Waals surface area contributed by atoms with E-state index >= 15 is 0 Å². The van der Waals surface area contributed by atoms with Crippen molar-refractivity contribution in [3.8, 4) is 6.07 Å². The molecule has 0 unspecified atom stereocenters. The SMILES string of the molecule is N#Cc1nn(Cc2ccc3ncc(Cl)cc3c2)cc1C(=O)NCc1[nH]nc2ccc(Cl)cc12. The zero-order valence-corrected chi connectivity index (χ0v) is 18.5. The van der Waals surface area contributed by atoms with Gasteiger partial charge in [0.25, 0.3) is 5.91 Å². The predicted molar refractivity (Wildman–Crippen MR) is 125 cm³/mol. The molecule has 33 heavy (non-hydrogen) atoms. The Kier molecular flexibility index (Phi) is 5.42. The molecule has 0 fully saturated rings. The predicted octanol–water partition coefficient (Wildman–Crippen LogP) is 4.46. The molecule has 0 bridgehead atoms. The Balaban J connectivity index is 1.34. The number of amides is 1. The fourth-order valence-corrected chi connectivity index (χ4v) is 3.96. The van der Waals surface area contributed by atoms with Gasteiger partial charge in [0.15, 0.2) is 5.69 Å². The van der Waals surface area contributed by atoms with E-state index in [1.807, 2.05) is 30.3 Å². The fourth-order valence-electron chi connectivity index (χ4n) is 3.62. The number of rotatable bonds is 5. The Hall–Kier alpha value is -3.93. The van der Waals surface area contributed by atoms with E-state index in [4.69, 9.17) is 23.2 Å². The molecular formula is C23H15Cl2N7O. The maximum absolute atomic E-state index is 12.8. The second kappa shape index (κ2) is 8.54. The number of hydrogen-bond acceptors (Lipinski definition) is 5. The highest BCUT2D eigenvalue weighted by atomic mass is 35.5. The molecule has 162 valence electrons. The molecule has 0 saturated heterocycles. The summed E-state index contributed by atoms with van der Waals surface area (Å²) in [6.45, 7) is 0.582. The second-order valence-corrected chi connectivity index (χ2v) is 8.30. The molecule has 0 aliphatic rings. The molecule has 0 spiro atoms. The molecule has 0 radical (unpaired) electrons. The third-order valence-corrected chi connectivity index (χ3v) is 5.63. The molecule has 1 amide bonds. The van der Waals surface area contributed by atoms with Crippen LogP contribution in [0.3, 0.4) is 0 Å². The molecule has 0 atom stereocenters. The van der Waals surface area contributed by atoms with E-state index in [0.29, 0.717) is 16.6 Å². The van der Waals surface area contributed by atoms with Crippen LogP contribution in [0, 0.1) is 11.3 Å². The summed E-state index contributed by atoms with van der Waals surface area (Å²) in [5, 5.41) is 26.5. The van der Waals surface area contributed by atoms with Crippen LogP contribution in [-0.2, 0) is 13.1 Å². The summed E-state index contributed by atoms with van der Waals surface area (Å²) in [4.78, 5) is 17.1. The maximum Gasteiger partial charge on any atom is 0.256 e. The van der Waals surface area contributed by atoms with E-state index in [1.54, 1.807) is 35.3 Å². The van der Waals surface area contributed by atoms with E-state index in [-0.39, 0.29) is 17.8 Å². The maximum atomic E-state index is 12.8. The summed E-state index contributed by atoms with van der Waals surface area (Å²) in [7, 11) is 0. The number of halogens is 2. The molecule has 0 aliphatic carbocycles. The topological polar surface area (TPSA) is 112 Å².